The van der Waals surface area contributed by atoms with E-state index in [-0.39, 0.29) is 41.3 Å². The number of carbonyl (C=O) groups is 3. The molecule has 1 atom stereocenters. The molecule has 1 aliphatic heterocycles. The van der Waals surface area contributed by atoms with Crippen molar-refractivity contribution in [2.75, 3.05) is 13.1 Å². The number of nitrogens with one attached hydrogen (secondary N) is 2. The van der Waals surface area contributed by atoms with E-state index < -0.39 is 34.4 Å². The highest BCUT2D eigenvalue weighted by atomic mass is 35.5. The number of rotatable bonds is 5. The molecule has 0 saturated carbocycles. The first-order valence-electron chi connectivity index (χ1n) is 8.63. The number of carbonyl (C=O) groups excluding carboxylic acids is 3. The fourth-order valence-corrected chi connectivity index (χ4v) is 3.16. The Hall–Kier alpha value is -2.79. The summed E-state index contributed by atoms with van der Waals surface area (Å²) in [6, 6.07) is 2.63. The molecule has 0 bridgehead atoms. The lowest BCUT2D eigenvalue weighted by Gasteiger charge is -2.36. The highest BCUT2D eigenvalue weighted by Crippen LogP contribution is 2.25. The van der Waals surface area contributed by atoms with Crippen molar-refractivity contribution in [1.29, 1.82) is 0 Å². The summed E-state index contributed by atoms with van der Waals surface area (Å²) in [7, 11) is 0. The van der Waals surface area contributed by atoms with Gasteiger partial charge in [0.1, 0.15) is 11.1 Å². The highest BCUT2D eigenvalue weighted by molar-refractivity contribution is 7.80. The molecule has 29 heavy (non-hydrogen) atoms. The van der Waals surface area contributed by atoms with Gasteiger partial charge >= 0.3 is 5.97 Å². The first kappa shape index (κ1) is 22.5. The molecule has 0 spiro atoms. The van der Waals surface area contributed by atoms with Gasteiger partial charge in [-0.25, -0.2) is 0 Å². The lowest BCUT2D eigenvalue weighted by atomic mass is 10.1. The zero-order chi connectivity index (χ0) is 21.7. The molecule has 2 N–H and O–H groups in total. The second-order valence-corrected chi connectivity index (χ2v) is 7.22. The molecule has 1 saturated heterocycles. The van der Waals surface area contributed by atoms with Gasteiger partial charge in [-0.2, -0.15) is 0 Å². The number of hydrogen-bond acceptors (Lipinski definition) is 7. The first-order chi connectivity index (χ1) is 13.6. The van der Waals surface area contributed by atoms with Crippen LogP contribution in [0.2, 0.25) is 5.02 Å². The van der Waals surface area contributed by atoms with Gasteiger partial charge in [0.2, 0.25) is 5.91 Å². The standard InChI is InChI=1S/C17H19ClN4O6S/c1-9(2)28-14(23)8-13-16(25)19-5-6-21(13)17(29)20-15(24)10-3-4-11(18)12(7-10)22(26)27/h3-4,7,9,13H,5-6,8H2,1-2H3,(H,19,25)(H,20,24,29). The molecule has 0 aromatic heterocycles. The van der Waals surface area contributed by atoms with Gasteiger partial charge < -0.3 is 15.0 Å². The van der Waals surface area contributed by atoms with Crippen LogP contribution in [-0.2, 0) is 14.3 Å². The molecule has 1 aromatic rings. The Morgan fingerprint density at radius 1 is 1.48 bits per heavy atom. The smallest absolute Gasteiger partial charge is 0.308 e. The Morgan fingerprint density at radius 2 is 2.17 bits per heavy atom. The van der Waals surface area contributed by atoms with E-state index >= 15 is 0 Å². The summed E-state index contributed by atoms with van der Waals surface area (Å²) in [6.45, 7) is 3.92. The number of nitro groups is 1. The average Bonchev–Trinajstić information content (AvgIpc) is 2.62. The van der Waals surface area contributed by atoms with E-state index in [0.29, 0.717) is 0 Å². The fraction of sp³-hybridized carbons (Fsp3) is 0.412. The van der Waals surface area contributed by atoms with Crippen molar-refractivity contribution in [3.63, 3.8) is 0 Å². The van der Waals surface area contributed by atoms with Crippen LogP contribution in [0.1, 0.15) is 30.6 Å². The zero-order valence-corrected chi connectivity index (χ0v) is 17.2. The summed E-state index contributed by atoms with van der Waals surface area (Å²) >= 11 is 11.0. The SMILES string of the molecule is CC(C)OC(=O)CC1C(=O)NCCN1C(=S)NC(=O)c1ccc(Cl)c([N+](=O)[O-])c1. The van der Waals surface area contributed by atoms with E-state index in [4.69, 9.17) is 28.6 Å². The van der Waals surface area contributed by atoms with Crippen molar-refractivity contribution in [3.8, 4) is 0 Å². The molecule has 1 heterocycles. The number of thiocarbonyl (C=S) groups is 1. The number of hydrogen-bond donors (Lipinski definition) is 2. The third-order valence-electron chi connectivity index (χ3n) is 3.94. The van der Waals surface area contributed by atoms with Crippen molar-refractivity contribution in [2.24, 2.45) is 0 Å². The molecule has 0 aliphatic carbocycles. The molecule has 0 radical (unpaired) electrons. The van der Waals surface area contributed by atoms with Crippen LogP contribution in [0.3, 0.4) is 0 Å². The summed E-state index contributed by atoms with van der Waals surface area (Å²) in [5.41, 5.74) is -0.447. The maximum atomic E-state index is 12.5. The van der Waals surface area contributed by atoms with Crippen LogP contribution < -0.4 is 10.6 Å². The van der Waals surface area contributed by atoms with Gasteiger partial charge in [-0.1, -0.05) is 11.6 Å². The average molecular weight is 443 g/mol. The number of piperazine rings is 1. The van der Waals surface area contributed by atoms with Crippen LogP contribution in [0.5, 0.6) is 0 Å². The zero-order valence-electron chi connectivity index (χ0n) is 15.6. The van der Waals surface area contributed by atoms with E-state index in [0.717, 1.165) is 6.07 Å². The van der Waals surface area contributed by atoms with Crippen LogP contribution in [0, 0.1) is 10.1 Å². The lowest BCUT2D eigenvalue weighted by Crippen LogP contribution is -2.60. The number of nitro benzene ring substituents is 1. The van der Waals surface area contributed by atoms with Crippen LogP contribution in [0.25, 0.3) is 0 Å². The number of halogens is 1. The Bertz CT molecular complexity index is 862. The number of esters is 1. The van der Waals surface area contributed by atoms with Gasteiger partial charge in [-0.3, -0.25) is 29.8 Å². The molecule has 1 unspecified atom stereocenters. The normalized spacial score (nSPS) is 16.2. The van der Waals surface area contributed by atoms with Gasteiger partial charge in [0, 0.05) is 24.7 Å². The van der Waals surface area contributed by atoms with Crippen molar-refractivity contribution >= 4 is 52.4 Å². The van der Waals surface area contributed by atoms with Crippen molar-refractivity contribution < 1.29 is 24.0 Å². The molecule has 10 nitrogen and oxygen atoms in total. The number of ether oxygens (including phenoxy) is 1. The summed E-state index contributed by atoms with van der Waals surface area (Å²) < 4.78 is 5.07. The largest absolute Gasteiger partial charge is 0.463 e. The minimum atomic E-state index is -0.942. The minimum absolute atomic E-state index is 0.0271. The highest BCUT2D eigenvalue weighted by Gasteiger charge is 2.34. The van der Waals surface area contributed by atoms with Crippen LogP contribution in [0.15, 0.2) is 18.2 Å². The van der Waals surface area contributed by atoms with Crippen molar-refractivity contribution in [1.82, 2.24) is 15.5 Å². The van der Waals surface area contributed by atoms with Gasteiger partial charge in [-0.15, -0.1) is 0 Å². The summed E-state index contributed by atoms with van der Waals surface area (Å²) in [6.07, 6.45) is -0.582. The Labute approximate surface area is 176 Å². The predicted molar refractivity (Wildman–Crippen MR) is 108 cm³/mol. The number of nitrogens with zero attached hydrogens (tertiary/aromatic N) is 2. The van der Waals surface area contributed by atoms with E-state index in [1.807, 2.05) is 0 Å². The second-order valence-electron chi connectivity index (χ2n) is 6.43. The quantitative estimate of drug-likeness (QED) is 0.303. The third kappa shape index (κ3) is 5.84. The molecule has 1 aliphatic rings. The first-order valence-corrected chi connectivity index (χ1v) is 9.42. The molecule has 2 rings (SSSR count). The topological polar surface area (TPSA) is 131 Å². The van der Waals surface area contributed by atoms with Gasteiger partial charge in [0.15, 0.2) is 5.11 Å². The predicted octanol–water partition coefficient (Wildman–Crippen LogP) is 1.41. The van der Waals surface area contributed by atoms with Gasteiger partial charge in [-0.05, 0) is 38.2 Å². The molecule has 2 amide bonds. The van der Waals surface area contributed by atoms with Crippen LogP contribution >= 0.6 is 23.8 Å². The Balaban J connectivity index is 2.13. The van der Waals surface area contributed by atoms with E-state index in [1.54, 1.807) is 13.8 Å². The molecular formula is C17H19ClN4O6S. The monoisotopic (exact) mass is 442 g/mol. The summed E-state index contributed by atoms with van der Waals surface area (Å²) in [4.78, 5) is 48.4. The van der Waals surface area contributed by atoms with Crippen LogP contribution in [-0.4, -0.2) is 58.0 Å². The maximum absolute atomic E-state index is 12.5. The van der Waals surface area contributed by atoms with Crippen molar-refractivity contribution in [2.45, 2.75) is 32.4 Å². The molecule has 12 heteroatoms. The number of amides is 2. The van der Waals surface area contributed by atoms with E-state index in [2.05, 4.69) is 10.6 Å². The van der Waals surface area contributed by atoms with Crippen LogP contribution in [0.4, 0.5) is 5.69 Å². The molecule has 1 fully saturated rings. The summed E-state index contributed by atoms with van der Waals surface area (Å²) in [5.74, 6) is -1.70. The van der Waals surface area contributed by atoms with E-state index in [1.165, 1.54) is 17.0 Å². The van der Waals surface area contributed by atoms with Gasteiger partial charge in [0.25, 0.3) is 11.6 Å². The Morgan fingerprint density at radius 3 is 2.79 bits per heavy atom. The van der Waals surface area contributed by atoms with Gasteiger partial charge in [0.05, 0.1) is 17.4 Å². The lowest BCUT2D eigenvalue weighted by molar-refractivity contribution is -0.384. The fourth-order valence-electron chi connectivity index (χ4n) is 2.66. The molecule has 1 aromatic carbocycles. The number of benzene rings is 1. The molecular weight excluding hydrogens is 424 g/mol. The minimum Gasteiger partial charge on any atom is -0.463 e. The van der Waals surface area contributed by atoms with E-state index in [9.17, 15) is 24.5 Å². The third-order valence-corrected chi connectivity index (χ3v) is 4.60. The van der Waals surface area contributed by atoms with Crippen molar-refractivity contribution in [3.05, 3.63) is 38.9 Å². The molecule has 156 valence electrons. The maximum Gasteiger partial charge on any atom is 0.308 e. The Kier molecular flexibility index (Phi) is 7.46. The second kappa shape index (κ2) is 9.61. The summed E-state index contributed by atoms with van der Waals surface area (Å²) in [5, 5.41) is 15.9.